The Morgan fingerprint density at radius 3 is 2.88 bits per heavy atom. The smallest absolute Gasteiger partial charge is 0.338 e. The summed E-state index contributed by atoms with van der Waals surface area (Å²) in [6, 6.07) is 14.2. The molecule has 1 atom stereocenters. The molecule has 25 heavy (non-hydrogen) atoms. The molecule has 2 aliphatic heterocycles. The number of amidine groups is 1. The van der Waals surface area contributed by atoms with Crippen molar-refractivity contribution in [2.24, 2.45) is 4.99 Å². The molecule has 2 heterocycles. The van der Waals surface area contributed by atoms with E-state index in [9.17, 15) is 4.79 Å². The van der Waals surface area contributed by atoms with Gasteiger partial charge in [0.1, 0.15) is 0 Å². The highest BCUT2D eigenvalue weighted by molar-refractivity contribution is 8.16. The lowest BCUT2D eigenvalue weighted by molar-refractivity contribution is -0.139. The van der Waals surface area contributed by atoms with Gasteiger partial charge in [0, 0.05) is 6.20 Å². The Hall–Kier alpha value is -2.53. The van der Waals surface area contributed by atoms with Crippen LogP contribution in [0.2, 0.25) is 0 Å². The van der Waals surface area contributed by atoms with E-state index in [2.05, 4.69) is 34.2 Å². The maximum Gasteiger partial charge on any atom is 0.338 e. The maximum absolute atomic E-state index is 12.7. The third-order valence-electron chi connectivity index (χ3n) is 4.43. The number of aliphatic imine (C=N–C) groups is 1. The second kappa shape index (κ2) is 6.41. The summed E-state index contributed by atoms with van der Waals surface area (Å²) in [5.41, 5.74) is 2.41. The summed E-state index contributed by atoms with van der Waals surface area (Å²) < 4.78 is 5.34. The van der Waals surface area contributed by atoms with Gasteiger partial charge < -0.3 is 9.64 Å². The molecule has 0 radical (unpaired) electrons. The highest BCUT2D eigenvalue weighted by Crippen LogP contribution is 2.42. The SMILES string of the molecule is CCOC(=O)C1=C(C)N=C2SC=CN2[C@H]1c1cccc2ccccc12. The van der Waals surface area contributed by atoms with Gasteiger partial charge in [0.25, 0.3) is 0 Å². The summed E-state index contributed by atoms with van der Waals surface area (Å²) >= 11 is 1.57. The van der Waals surface area contributed by atoms with E-state index in [4.69, 9.17) is 4.74 Å². The molecule has 126 valence electrons. The van der Waals surface area contributed by atoms with E-state index in [1.165, 1.54) is 0 Å². The zero-order valence-corrected chi connectivity index (χ0v) is 14.9. The van der Waals surface area contributed by atoms with Crippen LogP contribution in [0.25, 0.3) is 10.8 Å². The van der Waals surface area contributed by atoms with Crippen LogP contribution in [-0.4, -0.2) is 22.6 Å². The molecule has 0 bridgehead atoms. The van der Waals surface area contributed by atoms with Crippen LogP contribution in [0.5, 0.6) is 0 Å². The predicted octanol–water partition coefficient (Wildman–Crippen LogP) is 4.61. The number of fused-ring (bicyclic) bond motifs is 2. The van der Waals surface area contributed by atoms with E-state index in [1.54, 1.807) is 11.8 Å². The van der Waals surface area contributed by atoms with Gasteiger partial charge >= 0.3 is 5.97 Å². The number of ether oxygens (including phenoxy) is 1. The lowest BCUT2D eigenvalue weighted by Gasteiger charge is -2.34. The second-order valence-corrected chi connectivity index (χ2v) is 6.77. The van der Waals surface area contributed by atoms with Crippen molar-refractivity contribution in [3.8, 4) is 0 Å². The van der Waals surface area contributed by atoms with Crippen molar-refractivity contribution in [1.82, 2.24) is 4.90 Å². The highest BCUT2D eigenvalue weighted by Gasteiger charge is 2.37. The molecule has 2 aromatic carbocycles. The number of thioether (sulfide) groups is 1. The first-order valence-electron chi connectivity index (χ1n) is 8.26. The van der Waals surface area contributed by atoms with Crippen molar-refractivity contribution < 1.29 is 9.53 Å². The third kappa shape index (κ3) is 2.65. The average molecular weight is 350 g/mol. The zero-order valence-electron chi connectivity index (χ0n) is 14.1. The first kappa shape index (κ1) is 16.0. The normalized spacial score (nSPS) is 19.2. The molecule has 5 heteroatoms. The predicted molar refractivity (Wildman–Crippen MR) is 102 cm³/mol. The highest BCUT2D eigenvalue weighted by atomic mass is 32.2. The number of allylic oxidation sites excluding steroid dienone is 1. The zero-order chi connectivity index (χ0) is 17.4. The average Bonchev–Trinajstić information content (AvgIpc) is 3.08. The number of carbonyl (C=O) groups is 1. The second-order valence-electron chi connectivity index (χ2n) is 5.90. The van der Waals surface area contributed by atoms with Gasteiger partial charge in [-0.05, 0) is 35.6 Å². The standard InChI is InChI=1S/C20H18N2O2S/c1-3-24-19(23)17-13(2)21-20-22(11-12-25-20)18(17)16-10-6-8-14-7-4-5-9-15(14)16/h4-12,18H,3H2,1-2H3/t18-/m0/s1. The van der Waals surface area contributed by atoms with Gasteiger partial charge in [-0.1, -0.05) is 54.2 Å². The summed E-state index contributed by atoms with van der Waals surface area (Å²) in [4.78, 5) is 19.4. The minimum Gasteiger partial charge on any atom is -0.463 e. The molecule has 0 saturated heterocycles. The van der Waals surface area contributed by atoms with Gasteiger partial charge in [-0.25, -0.2) is 9.79 Å². The van der Waals surface area contributed by atoms with Crippen LogP contribution < -0.4 is 0 Å². The van der Waals surface area contributed by atoms with E-state index < -0.39 is 0 Å². The van der Waals surface area contributed by atoms with E-state index in [1.807, 2.05) is 43.7 Å². The summed E-state index contributed by atoms with van der Waals surface area (Å²) in [5.74, 6) is -0.300. The number of carbonyl (C=O) groups excluding carboxylic acids is 1. The van der Waals surface area contributed by atoms with E-state index >= 15 is 0 Å². The summed E-state index contributed by atoms with van der Waals surface area (Å²) in [6.07, 6.45) is 1.99. The molecular weight excluding hydrogens is 332 g/mol. The van der Waals surface area contributed by atoms with Crippen LogP contribution in [0.3, 0.4) is 0 Å². The summed E-state index contributed by atoms with van der Waals surface area (Å²) in [5, 5.41) is 5.18. The van der Waals surface area contributed by atoms with Gasteiger partial charge in [0.2, 0.25) is 0 Å². The molecule has 0 aliphatic carbocycles. The number of hydrogen-bond acceptors (Lipinski definition) is 5. The van der Waals surface area contributed by atoms with Crippen LogP contribution in [0, 0.1) is 0 Å². The quantitative estimate of drug-likeness (QED) is 0.758. The summed E-state index contributed by atoms with van der Waals surface area (Å²) in [6.45, 7) is 4.05. The Kier molecular flexibility index (Phi) is 4.09. The Morgan fingerprint density at radius 1 is 1.24 bits per heavy atom. The molecule has 0 aromatic heterocycles. The summed E-state index contributed by atoms with van der Waals surface area (Å²) in [7, 11) is 0. The lowest BCUT2D eigenvalue weighted by atomic mass is 9.91. The largest absolute Gasteiger partial charge is 0.463 e. The lowest BCUT2D eigenvalue weighted by Crippen LogP contribution is -2.34. The van der Waals surface area contributed by atoms with Crippen molar-refractivity contribution in [3.63, 3.8) is 0 Å². The van der Waals surface area contributed by atoms with Crippen LogP contribution in [-0.2, 0) is 9.53 Å². The van der Waals surface area contributed by atoms with Crippen LogP contribution in [0.4, 0.5) is 0 Å². The van der Waals surface area contributed by atoms with Gasteiger partial charge in [0.15, 0.2) is 5.17 Å². The fourth-order valence-electron chi connectivity index (χ4n) is 3.37. The van der Waals surface area contributed by atoms with Crippen LogP contribution >= 0.6 is 11.8 Å². The number of rotatable bonds is 3. The Morgan fingerprint density at radius 2 is 2.04 bits per heavy atom. The van der Waals surface area contributed by atoms with E-state index in [0.717, 1.165) is 27.2 Å². The Labute approximate surface area is 150 Å². The fourth-order valence-corrected chi connectivity index (χ4v) is 4.16. The Balaban J connectivity index is 1.94. The van der Waals surface area contributed by atoms with Gasteiger partial charge in [-0.2, -0.15) is 0 Å². The molecule has 0 spiro atoms. The Bertz CT molecular complexity index is 940. The van der Waals surface area contributed by atoms with Crippen molar-refractivity contribution in [2.45, 2.75) is 19.9 Å². The topological polar surface area (TPSA) is 41.9 Å². The minimum atomic E-state index is -0.300. The molecule has 2 aromatic rings. The first-order chi connectivity index (χ1) is 12.2. The van der Waals surface area contributed by atoms with E-state index in [-0.39, 0.29) is 12.0 Å². The molecule has 0 saturated carbocycles. The molecule has 2 aliphatic rings. The molecule has 4 nitrogen and oxygen atoms in total. The van der Waals surface area contributed by atoms with Crippen molar-refractivity contribution in [3.05, 3.63) is 70.9 Å². The molecule has 0 fully saturated rings. The molecule has 0 N–H and O–H groups in total. The van der Waals surface area contributed by atoms with Crippen LogP contribution in [0.1, 0.15) is 25.5 Å². The van der Waals surface area contributed by atoms with Crippen LogP contribution in [0.15, 0.2) is 70.3 Å². The fraction of sp³-hybridized carbons (Fsp3) is 0.200. The van der Waals surface area contributed by atoms with Crippen molar-refractivity contribution in [1.29, 1.82) is 0 Å². The van der Waals surface area contributed by atoms with Gasteiger partial charge in [-0.15, -0.1) is 0 Å². The maximum atomic E-state index is 12.7. The van der Waals surface area contributed by atoms with E-state index in [0.29, 0.717) is 12.2 Å². The van der Waals surface area contributed by atoms with Crippen molar-refractivity contribution >= 4 is 33.7 Å². The number of hydrogen-bond donors (Lipinski definition) is 0. The van der Waals surface area contributed by atoms with Gasteiger partial charge in [-0.3, -0.25) is 0 Å². The number of esters is 1. The molecular formula is C20H18N2O2S. The molecule has 4 rings (SSSR count). The molecule has 0 amide bonds. The van der Waals surface area contributed by atoms with Crippen molar-refractivity contribution in [2.75, 3.05) is 6.61 Å². The number of benzene rings is 2. The number of nitrogens with zero attached hydrogens (tertiary/aromatic N) is 2. The third-order valence-corrected chi connectivity index (χ3v) is 5.20. The first-order valence-corrected chi connectivity index (χ1v) is 9.14. The monoisotopic (exact) mass is 350 g/mol. The minimum absolute atomic E-state index is 0.233. The van der Waals surface area contributed by atoms with Gasteiger partial charge in [0.05, 0.1) is 23.9 Å². The molecule has 0 unspecified atom stereocenters.